The molecule has 2 N–H and O–H groups in total. The molecule has 0 bridgehead atoms. The predicted molar refractivity (Wildman–Crippen MR) is 69.6 cm³/mol. The maximum absolute atomic E-state index is 5.91. The van der Waals surface area contributed by atoms with Crippen LogP contribution in [0.1, 0.15) is 38.8 Å². The molecule has 1 aliphatic heterocycles. The van der Waals surface area contributed by atoms with Crippen LogP contribution in [-0.2, 0) is 6.54 Å². The number of nitrogens with zero attached hydrogens (tertiary/aromatic N) is 3. The Morgan fingerprint density at radius 3 is 2.82 bits per heavy atom. The molecular weight excluding hydrogens is 212 g/mol. The van der Waals surface area contributed by atoms with Gasteiger partial charge in [-0.2, -0.15) is 5.10 Å². The summed E-state index contributed by atoms with van der Waals surface area (Å²) in [6.45, 7) is 9.49. The van der Waals surface area contributed by atoms with Crippen LogP contribution in [0.2, 0.25) is 0 Å². The van der Waals surface area contributed by atoms with Gasteiger partial charge in [-0.1, -0.05) is 0 Å². The van der Waals surface area contributed by atoms with E-state index in [0.29, 0.717) is 18.0 Å². The Bertz CT molecular complexity index is 358. The average Bonchev–Trinajstić information content (AvgIpc) is 2.94. The molecule has 17 heavy (non-hydrogen) atoms. The van der Waals surface area contributed by atoms with Crippen molar-refractivity contribution >= 4 is 0 Å². The summed E-state index contributed by atoms with van der Waals surface area (Å²) in [5.41, 5.74) is 7.24. The third-order valence-electron chi connectivity index (χ3n) is 3.85. The van der Waals surface area contributed by atoms with Gasteiger partial charge in [-0.05, 0) is 46.2 Å². The quantitative estimate of drug-likeness (QED) is 0.864. The van der Waals surface area contributed by atoms with Gasteiger partial charge in [0.15, 0.2) is 0 Å². The third kappa shape index (κ3) is 2.38. The van der Waals surface area contributed by atoms with Crippen LogP contribution in [-0.4, -0.2) is 33.8 Å². The molecule has 4 nitrogen and oxygen atoms in total. The molecule has 0 aliphatic carbocycles. The van der Waals surface area contributed by atoms with Gasteiger partial charge in [-0.3, -0.25) is 9.58 Å². The minimum Gasteiger partial charge on any atom is -0.330 e. The monoisotopic (exact) mass is 236 g/mol. The average molecular weight is 236 g/mol. The van der Waals surface area contributed by atoms with Crippen molar-refractivity contribution < 1.29 is 0 Å². The van der Waals surface area contributed by atoms with Gasteiger partial charge in [0.2, 0.25) is 0 Å². The molecule has 1 aromatic rings. The molecule has 0 amide bonds. The van der Waals surface area contributed by atoms with Gasteiger partial charge in [0, 0.05) is 30.4 Å². The largest absolute Gasteiger partial charge is 0.330 e. The highest BCUT2D eigenvalue weighted by Gasteiger charge is 2.36. The van der Waals surface area contributed by atoms with E-state index in [4.69, 9.17) is 5.73 Å². The zero-order chi connectivity index (χ0) is 12.4. The van der Waals surface area contributed by atoms with E-state index in [2.05, 4.69) is 37.0 Å². The van der Waals surface area contributed by atoms with Crippen molar-refractivity contribution in [3.8, 4) is 0 Å². The topological polar surface area (TPSA) is 47.1 Å². The number of rotatable bonds is 4. The molecule has 2 unspecified atom stereocenters. The summed E-state index contributed by atoms with van der Waals surface area (Å²) in [5.74, 6) is 0.576. The summed E-state index contributed by atoms with van der Waals surface area (Å²) in [5, 5.41) is 4.39. The lowest BCUT2D eigenvalue weighted by Crippen LogP contribution is -2.33. The fraction of sp³-hybridized carbons (Fsp3) is 0.769. The Morgan fingerprint density at radius 2 is 2.29 bits per heavy atom. The summed E-state index contributed by atoms with van der Waals surface area (Å²) in [6, 6.07) is 1.03. The molecule has 2 heterocycles. The summed E-state index contributed by atoms with van der Waals surface area (Å²) < 4.78 is 2.00. The van der Waals surface area contributed by atoms with Crippen molar-refractivity contribution in [3.63, 3.8) is 0 Å². The molecule has 96 valence electrons. The van der Waals surface area contributed by atoms with Crippen LogP contribution in [0, 0.1) is 5.92 Å². The Kier molecular flexibility index (Phi) is 3.84. The lowest BCUT2D eigenvalue weighted by atomic mass is 9.95. The highest BCUT2D eigenvalue weighted by molar-refractivity contribution is 5.15. The highest BCUT2D eigenvalue weighted by atomic mass is 15.3. The van der Waals surface area contributed by atoms with Gasteiger partial charge < -0.3 is 5.73 Å². The first-order valence-electron chi connectivity index (χ1n) is 6.65. The first-order valence-corrected chi connectivity index (χ1v) is 6.65. The smallest absolute Gasteiger partial charge is 0.0537 e. The SMILES string of the molecule is CCn1cc(C2C(CN)CCN2C(C)C)cn1. The number of aromatic nitrogens is 2. The van der Waals surface area contributed by atoms with Crippen molar-refractivity contribution in [2.75, 3.05) is 13.1 Å². The molecule has 1 saturated heterocycles. The predicted octanol–water partition coefficient (Wildman–Crippen LogP) is 1.63. The Hall–Kier alpha value is -0.870. The van der Waals surface area contributed by atoms with E-state index in [-0.39, 0.29) is 0 Å². The van der Waals surface area contributed by atoms with E-state index in [1.165, 1.54) is 12.0 Å². The van der Waals surface area contributed by atoms with Gasteiger partial charge in [0.05, 0.1) is 6.20 Å². The van der Waals surface area contributed by atoms with Gasteiger partial charge in [-0.25, -0.2) is 0 Å². The second-order valence-corrected chi connectivity index (χ2v) is 5.19. The van der Waals surface area contributed by atoms with Crippen molar-refractivity contribution in [3.05, 3.63) is 18.0 Å². The van der Waals surface area contributed by atoms with E-state index >= 15 is 0 Å². The van der Waals surface area contributed by atoms with Crippen LogP contribution in [0.25, 0.3) is 0 Å². The summed E-state index contributed by atoms with van der Waals surface area (Å²) in [7, 11) is 0. The summed E-state index contributed by atoms with van der Waals surface area (Å²) in [6.07, 6.45) is 5.39. The molecule has 1 aromatic heterocycles. The van der Waals surface area contributed by atoms with E-state index in [1.807, 2.05) is 10.9 Å². The maximum atomic E-state index is 5.91. The zero-order valence-electron chi connectivity index (χ0n) is 11.1. The molecule has 2 atom stereocenters. The normalized spacial score (nSPS) is 25.9. The number of likely N-dealkylation sites (tertiary alicyclic amines) is 1. The minimum atomic E-state index is 0.459. The number of hydrogen-bond donors (Lipinski definition) is 1. The molecular formula is C13H24N4. The van der Waals surface area contributed by atoms with Crippen LogP contribution >= 0.6 is 0 Å². The molecule has 4 heteroatoms. The molecule has 1 aliphatic rings. The van der Waals surface area contributed by atoms with Gasteiger partial charge in [0.25, 0.3) is 0 Å². The van der Waals surface area contributed by atoms with E-state index < -0.39 is 0 Å². The van der Waals surface area contributed by atoms with Gasteiger partial charge in [0.1, 0.15) is 0 Å². The van der Waals surface area contributed by atoms with Crippen LogP contribution in [0.4, 0.5) is 0 Å². The van der Waals surface area contributed by atoms with Crippen LogP contribution in [0.5, 0.6) is 0 Å². The lowest BCUT2D eigenvalue weighted by molar-refractivity contribution is 0.184. The standard InChI is InChI=1S/C13H24N4/c1-4-16-9-12(8-15-16)13-11(7-14)5-6-17(13)10(2)3/h8-11,13H,4-7,14H2,1-3H3. The molecule has 1 fully saturated rings. The van der Waals surface area contributed by atoms with Gasteiger partial charge >= 0.3 is 0 Å². The second kappa shape index (κ2) is 5.19. The molecule has 0 saturated carbocycles. The van der Waals surface area contributed by atoms with Crippen molar-refractivity contribution in [2.24, 2.45) is 11.7 Å². The fourth-order valence-corrected chi connectivity index (χ4v) is 2.88. The van der Waals surface area contributed by atoms with Crippen LogP contribution in [0.15, 0.2) is 12.4 Å². The number of aryl methyl sites for hydroxylation is 1. The second-order valence-electron chi connectivity index (χ2n) is 5.19. The summed E-state index contributed by atoms with van der Waals surface area (Å²) >= 11 is 0. The summed E-state index contributed by atoms with van der Waals surface area (Å²) in [4.78, 5) is 2.55. The van der Waals surface area contributed by atoms with Crippen LogP contribution < -0.4 is 5.73 Å². The Labute approximate surface area is 104 Å². The third-order valence-corrected chi connectivity index (χ3v) is 3.85. The first kappa shape index (κ1) is 12.6. The maximum Gasteiger partial charge on any atom is 0.0537 e. The molecule has 0 radical (unpaired) electrons. The van der Waals surface area contributed by atoms with Gasteiger partial charge in [-0.15, -0.1) is 0 Å². The van der Waals surface area contributed by atoms with E-state index in [0.717, 1.165) is 19.6 Å². The zero-order valence-corrected chi connectivity index (χ0v) is 11.1. The molecule has 0 spiro atoms. The lowest BCUT2D eigenvalue weighted by Gasteiger charge is -2.30. The number of nitrogens with two attached hydrogens (primary N) is 1. The minimum absolute atomic E-state index is 0.459. The van der Waals surface area contributed by atoms with Crippen molar-refractivity contribution in [2.45, 2.75) is 45.8 Å². The molecule has 0 aromatic carbocycles. The highest BCUT2D eigenvalue weighted by Crippen LogP contribution is 2.37. The Morgan fingerprint density at radius 1 is 1.53 bits per heavy atom. The van der Waals surface area contributed by atoms with Crippen molar-refractivity contribution in [1.29, 1.82) is 0 Å². The van der Waals surface area contributed by atoms with Crippen LogP contribution in [0.3, 0.4) is 0 Å². The molecule has 2 rings (SSSR count). The first-order chi connectivity index (χ1) is 8.17. The Balaban J connectivity index is 2.24. The van der Waals surface area contributed by atoms with Crippen molar-refractivity contribution in [1.82, 2.24) is 14.7 Å². The fourth-order valence-electron chi connectivity index (χ4n) is 2.88. The van der Waals surface area contributed by atoms with E-state index in [9.17, 15) is 0 Å². The number of hydrogen-bond acceptors (Lipinski definition) is 3. The van der Waals surface area contributed by atoms with E-state index in [1.54, 1.807) is 0 Å².